The lowest BCUT2D eigenvalue weighted by atomic mass is 9.98. The average Bonchev–Trinajstić information content (AvgIpc) is 3.16. The SMILES string of the molecule is CCOCCNC(=O)C1CN(c2cc(C)c3c(=O)c(C(=O)O)cn(-c4nc(C)ns4)c3n2)C1. The average molecular weight is 473 g/mol. The number of nitrogens with zero attached hydrogens (tertiary/aromatic N) is 5. The highest BCUT2D eigenvalue weighted by Crippen LogP contribution is 2.28. The number of carboxylic acids is 1. The molecule has 33 heavy (non-hydrogen) atoms. The van der Waals surface area contributed by atoms with Crippen molar-refractivity contribution in [2.24, 2.45) is 5.92 Å². The molecule has 4 rings (SSSR count). The predicted molar refractivity (Wildman–Crippen MR) is 122 cm³/mol. The van der Waals surface area contributed by atoms with Crippen molar-refractivity contribution < 1.29 is 19.4 Å². The minimum absolute atomic E-state index is 0.0317. The van der Waals surface area contributed by atoms with Gasteiger partial charge in [-0.25, -0.2) is 14.8 Å². The third-order valence-corrected chi connectivity index (χ3v) is 6.23. The number of rotatable bonds is 8. The molecular formula is C21H24N6O5S. The van der Waals surface area contributed by atoms with Gasteiger partial charge in [0.1, 0.15) is 17.2 Å². The van der Waals surface area contributed by atoms with E-state index in [0.717, 1.165) is 11.5 Å². The molecule has 1 aliphatic heterocycles. The van der Waals surface area contributed by atoms with Crippen LogP contribution in [0.1, 0.15) is 28.7 Å². The van der Waals surface area contributed by atoms with Crippen LogP contribution in [0, 0.1) is 19.8 Å². The number of hydrogen-bond donors (Lipinski definition) is 2. The van der Waals surface area contributed by atoms with Crippen LogP contribution >= 0.6 is 11.5 Å². The summed E-state index contributed by atoms with van der Waals surface area (Å²) in [4.78, 5) is 47.8. The van der Waals surface area contributed by atoms with Crippen molar-refractivity contribution in [3.63, 3.8) is 0 Å². The summed E-state index contributed by atoms with van der Waals surface area (Å²) >= 11 is 1.09. The van der Waals surface area contributed by atoms with Gasteiger partial charge in [-0.1, -0.05) is 0 Å². The highest BCUT2D eigenvalue weighted by molar-refractivity contribution is 7.08. The van der Waals surface area contributed by atoms with Crippen LogP contribution in [0.4, 0.5) is 5.82 Å². The second-order valence-electron chi connectivity index (χ2n) is 7.76. The van der Waals surface area contributed by atoms with Crippen LogP contribution in [0.25, 0.3) is 16.2 Å². The van der Waals surface area contributed by atoms with Gasteiger partial charge in [0.05, 0.1) is 17.9 Å². The molecule has 1 fully saturated rings. The van der Waals surface area contributed by atoms with E-state index >= 15 is 0 Å². The molecule has 0 unspecified atom stereocenters. The van der Waals surface area contributed by atoms with Gasteiger partial charge in [-0.3, -0.25) is 14.2 Å². The second-order valence-corrected chi connectivity index (χ2v) is 8.49. The second kappa shape index (κ2) is 9.24. The number of pyridine rings is 2. The fourth-order valence-electron chi connectivity index (χ4n) is 3.69. The molecule has 174 valence electrons. The molecule has 1 aliphatic rings. The molecule has 0 spiro atoms. The molecular weight excluding hydrogens is 448 g/mol. The van der Waals surface area contributed by atoms with Crippen LogP contribution in [-0.4, -0.2) is 68.7 Å². The Morgan fingerprint density at radius 3 is 2.70 bits per heavy atom. The maximum atomic E-state index is 12.9. The van der Waals surface area contributed by atoms with E-state index in [1.54, 1.807) is 19.9 Å². The molecule has 3 aromatic rings. The first-order chi connectivity index (χ1) is 15.8. The van der Waals surface area contributed by atoms with Crippen molar-refractivity contribution in [1.29, 1.82) is 0 Å². The number of carbonyl (C=O) groups excluding carboxylic acids is 1. The molecule has 1 amide bonds. The standard InChI is InChI=1S/C21H24N6O5S/c1-4-32-6-5-22-19(29)13-8-26(9-13)15-7-11(2)16-17(28)14(20(30)31)10-27(18(16)24-15)21-23-12(3)25-33-21/h7,10,13H,4-6,8-9H2,1-3H3,(H,22,29)(H,30,31). The van der Waals surface area contributed by atoms with Crippen molar-refractivity contribution in [3.05, 3.63) is 39.4 Å². The predicted octanol–water partition coefficient (Wildman–Crippen LogP) is 1.14. The largest absolute Gasteiger partial charge is 0.477 e. The molecule has 11 nitrogen and oxygen atoms in total. The van der Waals surface area contributed by atoms with E-state index in [2.05, 4.69) is 19.7 Å². The van der Waals surface area contributed by atoms with E-state index < -0.39 is 11.4 Å². The van der Waals surface area contributed by atoms with Gasteiger partial charge in [0.25, 0.3) is 0 Å². The van der Waals surface area contributed by atoms with Crippen molar-refractivity contribution in [1.82, 2.24) is 24.2 Å². The molecule has 0 atom stereocenters. The van der Waals surface area contributed by atoms with Gasteiger partial charge >= 0.3 is 5.97 Å². The number of hydrogen-bond acceptors (Lipinski definition) is 9. The number of ether oxygens (including phenoxy) is 1. The van der Waals surface area contributed by atoms with Gasteiger partial charge in [0.15, 0.2) is 5.65 Å². The van der Waals surface area contributed by atoms with Crippen LogP contribution in [0.3, 0.4) is 0 Å². The lowest BCUT2D eigenvalue weighted by Crippen LogP contribution is -2.54. The molecule has 0 radical (unpaired) electrons. The van der Waals surface area contributed by atoms with Gasteiger partial charge in [-0.2, -0.15) is 4.37 Å². The van der Waals surface area contributed by atoms with Crippen LogP contribution in [-0.2, 0) is 9.53 Å². The number of carboxylic acid groups (broad SMARTS) is 1. The summed E-state index contributed by atoms with van der Waals surface area (Å²) in [5.74, 6) is -0.368. The maximum Gasteiger partial charge on any atom is 0.341 e. The van der Waals surface area contributed by atoms with E-state index in [0.29, 0.717) is 60.8 Å². The molecule has 12 heteroatoms. The highest BCUT2D eigenvalue weighted by Gasteiger charge is 2.34. The molecule has 2 N–H and O–H groups in total. The fourth-order valence-corrected chi connectivity index (χ4v) is 4.34. The first kappa shape index (κ1) is 22.8. The summed E-state index contributed by atoms with van der Waals surface area (Å²) in [6.07, 6.45) is 1.24. The minimum atomic E-state index is -1.32. The Hall–Kier alpha value is -3.38. The van der Waals surface area contributed by atoms with Gasteiger partial charge in [-0.15, -0.1) is 0 Å². The first-order valence-electron chi connectivity index (χ1n) is 10.5. The molecule has 0 aromatic carbocycles. The number of aryl methyl sites for hydroxylation is 2. The molecule has 1 saturated heterocycles. The fraction of sp³-hybridized carbons (Fsp3) is 0.429. The van der Waals surface area contributed by atoms with Crippen LogP contribution in [0.2, 0.25) is 0 Å². The quantitative estimate of drug-likeness (QED) is 0.462. The Bertz CT molecular complexity index is 1280. The van der Waals surface area contributed by atoms with Crippen molar-refractivity contribution in [3.8, 4) is 5.13 Å². The van der Waals surface area contributed by atoms with Crippen LogP contribution in [0.5, 0.6) is 0 Å². The summed E-state index contributed by atoms with van der Waals surface area (Å²) in [6.45, 7) is 7.91. The summed E-state index contributed by atoms with van der Waals surface area (Å²) in [5, 5.41) is 13.0. The summed E-state index contributed by atoms with van der Waals surface area (Å²) in [7, 11) is 0. The summed E-state index contributed by atoms with van der Waals surface area (Å²) in [6, 6.07) is 1.74. The van der Waals surface area contributed by atoms with E-state index in [-0.39, 0.29) is 22.8 Å². The van der Waals surface area contributed by atoms with Crippen molar-refractivity contribution in [2.45, 2.75) is 20.8 Å². The van der Waals surface area contributed by atoms with Crippen molar-refractivity contribution in [2.75, 3.05) is 37.7 Å². The molecule has 0 saturated carbocycles. The number of aromatic carboxylic acids is 1. The Kier molecular flexibility index (Phi) is 6.38. The number of amides is 1. The zero-order chi connectivity index (χ0) is 23.7. The first-order valence-corrected chi connectivity index (χ1v) is 11.3. The minimum Gasteiger partial charge on any atom is -0.477 e. The number of carbonyl (C=O) groups is 2. The van der Waals surface area contributed by atoms with Gasteiger partial charge in [-0.05, 0) is 32.4 Å². The molecule has 4 heterocycles. The van der Waals surface area contributed by atoms with Gasteiger partial charge in [0.2, 0.25) is 16.5 Å². The molecule has 3 aromatic heterocycles. The topological polar surface area (TPSA) is 140 Å². The zero-order valence-electron chi connectivity index (χ0n) is 18.5. The van der Waals surface area contributed by atoms with E-state index in [9.17, 15) is 19.5 Å². The monoisotopic (exact) mass is 472 g/mol. The number of fused-ring (bicyclic) bond motifs is 1. The molecule has 0 bridgehead atoms. The Labute approximate surface area is 193 Å². The number of anilines is 1. The molecule has 0 aliphatic carbocycles. The third-order valence-electron chi connectivity index (χ3n) is 5.42. The van der Waals surface area contributed by atoms with E-state index in [1.807, 2.05) is 11.8 Å². The smallest absolute Gasteiger partial charge is 0.341 e. The third kappa shape index (κ3) is 4.44. The van der Waals surface area contributed by atoms with Gasteiger partial charge in [0, 0.05) is 44.0 Å². The van der Waals surface area contributed by atoms with E-state index in [1.165, 1.54) is 10.8 Å². The van der Waals surface area contributed by atoms with E-state index in [4.69, 9.17) is 4.74 Å². The van der Waals surface area contributed by atoms with Gasteiger partial charge < -0.3 is 20.1 Å². The normalized spacial score (nSPS) is 13.8. The Morgan fingerprint density at radius 1 is 1.30 bits per heavy atom. The zero-order valence-corrected chi connectivity index (χ0v) is 19.3. The highest BCUT2D eigenvalue weighted by atomic mass is 32.1. The number of nitrogens with one attached hydrogen (secondary N) is 1. The maximum absolute atomic E-state index is 12.9. The summed E-state index contributed by atoms with van der Waals surface area (Å²) in [5.41, 5.74) is -0.0501. The Morgan fingerprint density at radius 2 is 2.06 bits per heavy atom. The lowest BCUT2D eigenvalue weighted by molar-refractivity contribution is -0.125. The summed E-state index contributed by atoms with van der Waals surface area (Å²) < 4.78 is 10.9. The number of aromatic nitrogens is 4. The van der Waals surface area contributed by atoms with Crippen LogP contribution in [0.15, 0.2) is 17.1 Å². The Balaban J connectivity index is 1.66. The van der Waals surface area contributed by atoms with Crippen LogP contribution < -0.4 is 15.6 Å². The lowest BCUT2D eigenvalue weighted by Gasteiger charge is -2.39. The van der Waals surface area contributed by atoms with Crippen molar-refractivity contribution >= 4 is 40.3 Å².